The maximum atomic E-state index is 12.0. The van der Waals surface area contributed by atoms with E-state index in [0.717, 1.165) is 4.31 Å². The summed E-state index contributed by atoms with van der Waals surface area (Å²) >= 11 is 0. The second-order valence-corrected chi connectivity index (χ2v) is 5.60. The lowest BCUT2D eigenvalue weighted by Gasteiger charge is -2.32. The molecule has 0 aliphatic carbocycles. The Balaban J connectivity index is 2.98. The van der Waals surface area contributed by atoms with Gasteiger partial charge in [0.1, 0.15) is 6.04 Å². The zero-order valence-electron chi connectivity index (χ0n) is 9.05. The summed E-state index contributed by atoms with van der Waals surface area (Å²) in [6.07, 6.45) is 0.237. The lowest BCUT2D eigenvalue weighted by Crippen LogP contribution is -2.54. The van der Waals surface area contributed by atoms with Crippen LogP contribution in [0.4, 0.5) is 0 Å². The molecule has 1 aliphatic heterocycles. The Bertz CT molecular complexity index is 420. The van der Waals surface area contributed by atoms with E-state index in [1.807, 2.05) is 6.07 Å². The van der Waals surface area contributed by atoms with Crippen molar-refractivity contribution in [3.63, 3.8) is 0 Å². The highest BCUT2D eigenvalue weighted by Gasteiger charge is 2.37. The number of nitriles is 2. The van der Waals surface area contributed by atoms with Crippen molar-refractivity contribution in [2.45, 2.75) is 24.6 Å². The minimum atomic E-state index is -3.68. The summed E-state index contributed by atoms with van der Waals surface area (Å²) < 4.78 is 25.2. The van der Waals surface area contributed by atoms with Crippen molar-refractivity contribution < 1.29 is 8.42 Å². The first kappa shape index (κ1) is 12.9. The standard InChI is InChI=1S/C9H14N4O2S/c1-2-9(6-11)16(14,15)13-4-3-12-7-8(13)5-10/h8-9,12H,2-4,7H2,1H3. The third-order valence-corrected chi connectivity index (χ3v) is 4.79. The van der Waals surface area contributed by atoms with Crippen molar-refractivity contribution in [1.29, 1.82) is 10.5 Å². The van der Waals surface area contributed by atoms with Crippen LogP contribution in [0.25, 0.3) is 0 Å². The van der Waals surface area contributed by atoms with E-state index in [9.17, 15) is 8.42 Å². The van der Waals surface area contributed by atoms with Gasteiger partial charge < -0.3 is 5.32 Å². The van der Waals surface area contributed by atoms with Gasteiger partial charge in [0.15, 0.2) is 5.25 Å². The summed E-state index contributed by atoms with van der Waals surface area (Å²) in [5.41, 5.74) is 0. The van der Waals surface area contributed by atoms with Gasteiger partial charge in [-0.25, -0.2) is 8.42 Å². The van der Waals surface area contributed by atoms with Gasteiger partial charge in [-0.05, 0) is 6.42 Å². The molecule has 0 aromatic heterocycles. The largest absolute Gasteiger partial charge is 0.313 e. The van der Waals surface area contributed by atoms with E-state index in [4.69, 9.17) is 10.5 Å². The van der Waals surface area contributed by atoms with Crippen molar-refractivity contribution in [2.75, 3.05) is 19.6 Å². The molecule has 1 N–H and O–H groups in total. The number of hydrogen-bond donors (Lipinski definition) is 1. The average Bonchev–Trinajstić information content (AvgIpc) is 2.30. The highest BCUT2D eigenvalue weighted by Crippen LogP contribution is 2.16. The number of rotatable bonds is 3. The van der Waals surface area contributed by atoms with Crippen LogP contribution in [0, 0.1) is 22.7 Å². The highest BCUT2D eigenvalue weighted by molar-refractivity contribution is 7.90. The summed E-state index contributed by atoms with van der Waals surface area (Å²) in [5, 5.41) is 19.6. The monoisotopic (exact) mass is 242 g/mol. The van der Waals surface area contributed by atoms with Crippen LogP contribution in [0.1, 0.15) is 13.3 Å². The number of nitrogens with one attached hydrogen (secondary N) is 1. The Morgan fingerprint density at radius 1 is 1.56 bits per heavy atom. The van der Waals surface area contributed by atoms with E-state index in [-0.39, 0.29) is 13.0 Å². The average molecular weight is 242 g/mol. The number of piperazine rings is 1. The Kier molecular flexibility index (Phi) is 4.25. The summed E-state index contributed by atoms with van der Waals surface area (Å²) in [7, 11) is -3.68. The molecule has 0 saturated carbocycles. The van der Waals surface area contributed by atoms with Gasteiger partial charge in [-0.15, -0.1) is 0 Å². The molecular weight excluding hydrogens is 228 g/mol. The van der Waals surface area contributed by atoms with E-state index in [0.29, 0.717) is 13.1 Å². The third kappa shape index (κ3) is 2.33. The minimum absolute atomic E-state index is 0.237. The van der Waals surface area contributed by atoms with Crippen LogP contribution >= 0.6 is 0 Å². The molecule has 16 heavy (non-hydrogen) atoms. The molecule has 0 amide bonds. The predicted octanol–water partition coefficient (Wildman–Crippen LogP) is -0.584. The first-order valence-electron chi connectivity index (χ1n) is 5.08. The normalized spacial score (nSPS) is 24.3. The molecule has 2 unspecified atom stereocenters. The minimum Gasteiger partial charge on any atom is -0.313 e. The van der Waals surface area contributed by atoms with Gasteiger partial charge in [0.25, 0.3) is 0 Å². The van der Waals surface area contributed by atoms with E-state index < -0.39 is 21.3 Å². The fraction of sp³-hybridized carbons (Fsp3) is 0.778. The van der Waals surface area contributed by atoms with E-state index >= 15 is 0 Å². The molecule has 88 valence electrons. The number of hydrogen-bond acceptors (Lipinski definition) is 5. The maximum absolute atomic E-state index is 12.0. The van der Waals surface area contributed by atoms with E-state index in [1.165, 1.54) is 0 Å². The molecule has 6 nitrogen and oxygen atoms in total. The zero-order chi connectivity index (χ0) is 12.2. The first-order chi connectivity index (χ1) is 7.57. The Hall–Kier alpha value is -1.15. The van der Waals surface area contributed by atoms with Gasteiger partial charge in [0, 0.05) is 19.6 Å². The number of nitrogens with zero attached hydrogens (tertiary/aromatic N) is 3. The smallest absolute Gasteiger partial charge is 0.231 e. The highest BCUT2D eigenvalue weighted by atomic mass is 32.2. The molecule has 0 spiro atoms. The van der Waals surface area contributed by atoms with Gasteiger partial charge >= 0.3 is 0 Å². The molecule has 7 heteroatoms. The van der Waals surface area contributed by atoms with Gasteiger partial charge in [-0.1, -0.05) is 6.92 Å². The summed E-state index contributed by atoms with van der Waals surface area (Å²) in [6.45, 7) is 2.73. The molecule has 1 saturated heterocycles. The fourth-order valence-corrected chi connectivity index (χ4v) is 3.34. The molecule has 0 bridgehead atoms. The van der Waals surface area contributed by atoms with Crippen LogP contribution in [-0.4, -0.2) is 43.6 Å². The Morgan fingerprint density at radius 2 is 2.25 bits per heavy atom. The van der Waals surface area contributed by atoms with Gasteiger partial charge in [-0.2, -0.15) is 14.8 Å². The van der Waals surface area contributed by atoms with Crippen LogP contribution in [0.2, 0.25) is 0 Å². The van der Waals surface area contributed by atoms with Gasteiger partial charge in [0.2, 0.25) is 10.0 Å². The molecule has 0 radical (unpaired) electrons. The zero-order valence-corrected chi connectivity index (χ0v) is 9.87. The van der Waals surface area contributed by atoms with Crippen molar-refractivity contribution in [2.24, 2.45) is 0 Å². The van der Waals surface area contributed by atoms with Gasteiger partial charge in [0.05, 0.1) is 12.1 Å². The molecule has 1 aliphatic rings. The van der Waals surface area contributed by atoms with Crippen LogP contribution in [-0.2, 0) is 10.0 Å². The van der Waals surface area contributed by atoms with Crippen molar-refractivity contribution >= 4 is 10.0 Å². The lowest BCUT2D eigenvalue weighted by molar-refractivity contribution is 0.309. The van der Waals surface area contributed by atoms with Crippen LogP contribution < -0.4 is 5.32 Å². The second-order valence-electron chi connectivity index (χ2n) is 3.53. The molecule has 1 rings (SSSR count). The van der Waals surface area contributed by atoms with Crippen molar-refractivity contribution in [3.05, 3.63) is 0 Å². The van der Waals surface area contributed by atoms with Crippen molar-refractivity contribution in [1.82, 2.24) is 9.62 Å². The summed E-state index contributed by atoms with van der Waals surface area (Å²) in [5.74, 6) is 0. The van der Waals surface area contributed by atoms with Gasteiger partial charge in [-0.3, -0.25) is 0 Å². The Labute approximate surface area is 95.5 Å². The van der Waals surface area contributed by atoms with E-state index in [1.54, 1.807) is 13.0 Å². The van der Waals surface area contributed by atoms with Crippen molar-refractivity contribution in [3.8, 4) is 12.1 Å². The quantitative estimate of drug-likeness (QED) is 0.713. The molecule has 0 aromatic rings. The topological polar surface area (TPSA) is 97.0 Å². The fourth-order valence-electron chi connectivity index (χ4n) is 1.63. The maximum Gasteiger partial charge on any atom is 0.231 e. The SMILES string of the molecule is CCC(C#N)S(=O)(=O)N1CCNCC1C#N. The Morgan fingerprint density at radius 3 is 2.75 bits per heavy atom. The summed E-state index contributed by atoms with van der Waals surface area (Å²) in [4.78, 5) is 0. The molecule has 1 heterocycles. The molecule has 1 fully saturated rings. The predicted molar refractivity (Wildman–Crippen MR) is 57.6 cm³/mol. The van der Waals surface area contributed by atoms with Crippen LogP contribution in [0.3, 0.4) is 0 Å². The van der Waals surface area contributed by atoms with E-state index in [2.05, 4.69) is 5.32 Å². The van der Waals surface area contributed by atoms with Crippen LogP contribution in [0.15, 0.2) is 0 Å². The summed E-state index contributed by atoms with van der Waals surface area (Å²) in [6, 6.07) is 3.01. The number of sulfonamides is 1. The first-order valence-corrected chi connectivity index (χ1v) is 6.58. The van der Waals surface area contributed by atoms with Crippen LogP contribution in [0.5, 0.6) is 0 Å². The molecular formula is C9H14N4O2S. The second kappa shape index (κ2) is 5.26. The lowest BCUT2D eigenvalue weighted by atomic mass is 10.3. The third-order valence-electron chi connectivity index (χ3n) is 2.54. The molecule has 2 atom stereocenters. The molecule has 0 aromatic carbocycles.